The molecule has 0 unspecified atom stereocenters. The lowest BCUT2D eigenvalue weighted by atomic mass is 11.2. The van der Waals surface area contributed by atoms with Crippen LogP contribution in [0.15, 0.2) is 24.6 Å². The van der Waals surface area contributed by atoms with Crippen LogP contribution in [0.2, 0.25) is 0 Å². The fourth-order valence-corrected chi connectivity index (χ4v) is 0.354. The van der Waals surface area contributed by atoms with E-state index in [1.165, 1.54) is 0 Å². The van der Waals surface area contributed by atoms with Crippen molar-refractivity contribution in [3.8, 4) is 0 Å². The highest BCUT2D eigenvalue weighted by atomic mass is 28.2. The minimum Gasteiger partial charge on any atom is -0.107 e. The third kappa shape index (κ3) is 3.70. The number of hydrogen-bond acceptors (Lipinski definition) is 0. The Kier molecular flexibility index (Phi) is 3.47. The summed E-state index contributed by atoms with van der Waals surface area (Å²) >= 11 is 0. The summed E-state index contributed by atoms with van der Waals surface area (Å²) in [6.45, 7) is 7.08. The van der Waals surface area contributed by atoms with Gasteiger partial charge in [0.15, 0.2) is 0 Å². The predicted octanol–water partition coefficient (Wildman–Crippen LogP) is 0.934. The molecule has 5 heavy (non-hydrogen) atoms. The van der Waals surface area contributed by atoms with Gasteiger partial charge in [-0.15, -0.1) is 24.6 Å². The molecule has 0 aliphatic rings. The quantitative estimate of drug-likeness (QED) is 0.441. The second-order valence-corrected chi connectivity index (χ2v) is 2.44. The molecule has 0 fully saturated rings. The molecule has 0 aromatic heterocycles. The van der Waals surface area contributed by atoms with Crippen LogP contribution in [0.3, 0.4) is 0 Å². The first-order valence-electron chi connectivity index (χ1n) is 1.63. The Bertz CT molecular complexity index is 39.0. The first kappa shape index (κ1) is 4.70. The maximum absolute atomic E-state index is 3.54. The molecule has 0 atom stereocenters. The van der Waals surface area contributed by atoms with E-state index in [0.29, 0.717) is 0 Å². The van der Waals surface area contributed by atoms with E-state index in [1.807, 2.05) is 11.4 Å². The van der Waals surface area contributed by atoms with Crippen molar-refractivity contribution in [1.82, 2.24) is 0 Å². The molecular weight excluding hydrogens is 76.1 g/mol. The van der Waals surface area contributed by atoms with Crippen LogP contribution in [-0.4, -0.2) is 9.52 Å². The Morgan fingerprint density at radius 2 is 1.80 bits per heavy atom. The largest absolute Gasteiger partial charge is 0.107 e. The Morgan fingerprint density at radius 3 is 1.80 bits per heavy atom. The number of hydrogen-bond donors (Lipinski definition) is 0. The highest BCUT2D eigenvalue weighted by Gasteiger charge is 1.55. The monoisotopic (exact) mass is 88.1 g/mol. The van der Waals surface area contributed by atoms with Gasteiger partial charge in [0.2, 0.25) is 0 Å². The second-order valence-electron chi connectivity index (χ2n) is 0.813. The highest BCUT2D eigenvalue weighted by Crippen LogP contribution is 1.55. The van der Waals surface area contributed by atoms with E-state index in [2.05, 4.69) is 13.2 Å². The Labute approximate surface area is 38.0 Å². The van der Waals surface area contributed by atoms with Crippen LogP contribution in [0.5, 0.6) is 0 Å². The minimum atomic E-state index is -0.0401. The molecule has 0 aromatic carbocycles. The van der Waals surface area contributed by atoms with Crippen LogP contribution < -0.4 is 0 Å². The maximum Gasteiger partial charge on any atom is 0.0676 e. The molecule has 0 radical (unpaired) electrons. The zero-order valence-corrected chi connectivity index (χ0v) is 4.69. The summed E-state index contributed by atoms with van der Waals surface area (Å²) in [5.74, 6) is 0. The van der Waals surface area contributed by atoms with E-state index in [9.17, 15) is 0 Å². The number of rotatable bonds is 2. The van der Waals surface area contributed by atoms with Crippen molar-refractivity contribution in [2.75, 3.05) is 0 Å². The van der Waals surface area contributed by atoms with Crippen LogP contribution >= 0.6 is 0 Å². The highest BCUT2D eigenvalue weighted by molar-refractivity contribution is 6.47. The summed E-state index contributed by atoms with van der Waals surface area (Å²) in [4.78, 5) is 0. The SMILES string of the molecule is C=C[SiH2]C=C.[HH].[HH]. The Hall–Kier alpha value is -0.303. The molecule has 0 saturated carbocycles. The van der Waals surface area contributed by atoms with Gasteiger partial charge in [-0.3, -0.25) is 0 Å². The summed E-state index contributed by atoms with van der Waals surface area (Å²) in [6.07, 6.45) is 0. The van der Waals surface area contributed by atoms with Gasteiger partial charge in [0, 0.05) is 2.85 Å². The van der Waals surface area contributed by atoms with Crippen molar-refractivity contribution in [3.63, 3.8) is 0 Å². The van der Waals surface area contributed by atoms with Gasteiger partial charge in [-0.1, -0.05) is 0 Å². The molecule has 0 aliphatic heterocycles. The third-order valence-corrected chi connectivity index (χ3v) is 1.00. The first-order chi connectivity index (χ1) is 2.41. The topological polar surface area (TPSA) is 0 Å². The molecule has 0 amide bonds. The summed E-state index contributed by atoms with van der Waals surface area (Å²) in [7, 11) is -0.0401. The average Bonchev–Trinajstić information content (AvgIpc) is 1.41. The molecule has 0 rings (SSSR count). The summed E-state index contributed by atoms with van der Waals surface area (Å²) in [5.41, 5.74) is 3.90. The van der Waals surface area contributed by atoms with E-state index in [1.54, 1.807) is 0 Å². The molecule has 0 bridgehead atoms. The fourth-order valence-electron chi connectivity index (χ4n) is 0.118. The maximum atomic E-state index is 3.54. The second kappa shape index (κ2) is 3.70. The first-order valence-corrected chi connectivity index (χ1v) is 3.27. The van der Waals surface area contributed by atoms with Gasteiger partial charge in [-0.2, -0.15) is 0 Å². The van der Waals surface area contributed by atoms with Crippen molar-refractivity contribution in [1.29, 1.82) is 0 Å². The molecular formula is C4H12Si. The standard InChI is InChI=1S/C4H8Si.2H2/c1-3-5-4-2;;/h3-4H,1-2,5H2;2*1H. The van der Waals surface area contributed by atoms with Gasteiger partial charge < -0.3 is 0 Å². The lowest BCUT2D eigenvalue weighted by Gasteiger charge is -1.62. The zero-order valence-electron chi connectivity index (χ0n) is 3.28. The molecule has 0 aromatic rings. The van der Waals surface area contributed by atoms with Gasteiger partial charge >= 0.3 is 0 Å². The smallest absolute Gasteiger partial charge is 0.0676 e. The minimum absolute atomic E-state index is 0. The Balaban J connectivity index is -0.0000000800. The van der Waals surface area contributed by atoms with Gasteiger partial charge in [0.05, 0.1) is 9.52 Å². The van der Waals surface area contributed by atoms with Crippen molar-refractivity contribution in [2.45, 2.75) is 0 Å². The van der Waals surface area contributed by atoms with Crippen LogP contribution in [-0.2, 0) is 0 Å². The third-order valence-electron chi connectivity index (χ3n) is 0.333. The Morgan fingerprint density at radius 1 is 1.40 bits per heavy atom. The summed E-state index contributed by atoms with van der Waals surface area (Å²) in [6, 6.07) is 0. The van der Waals surface area contributed by atoms with E-state index < -0.39 is 0 Å². The van der Waals surface area contributed by atoms with E-state index in [-0.39, 0.29) is 12.4 Å². The van der Waals surface area contributed by atoms with Crippen molar-refractivity contribution in [2.24, 2.45) is 0 Å². The lowest BCUT2D eigenvalue weighted by Crippen LogP contribution is -1.67. The predicted molar refractivity (Wildman–Crippen MR) is 33.2 cm³/mol. The molecule has 0 N–H and O–H groups in total. The van der Waals surface area contributed by atoms with Crippen LogP contribution in [0.1, 0.15) is 2.85 Å². The molecule has 0 saturated heterocycles. The molecule has 32 valence electrons. The summed E-state index contributed by atoms with van der Waals surface area (Å²) in [5, 5.41) is 0. The summed E-state index contributed by atoms with van der Waals surface area (Å²) < 4.78 is 0. The molecule has 0 aliphatic carbocycles. The normalized spacial score (nSPS) is 6.40. The van der Waals surface area contributed by atoms with Crippen molar-refractivity contribution < 1.29 is 2.85 Å². The van der Waals surface area contributed by atoms with Gasteiger partial charge in [0.25, 0.3) is 0 Å². The molecule has 1 heteroatoms. The van der Waals surface area contributed by atoms with Crippen molar-refractivity contribution in [3.05, 3.63) is 24.6 Å². The van der Waals surface area contributed by atoms with Crippen LogP contribution in [0.4, 0.5) is 0 Å². The van der Waals surface area contributed by atoms with E-state index in [4.69, 9.17) is 0 Å². The molecule has 0 nitrogen and oxygen atoms in total. The van der Waals surface area contributed by atoms with E-state index >= 15 is 0 Å². The van der Waals surface area contributed by atoms with E-state index in [0.717, 1.165) is 0 Å². The van der Waals surface area contributed by atoms with Crippen LogP contribution in [0, 0.1) is 0 Å². The zero-order chi connectivity index (χ0) is 4.12. The fraction of sp³-hybridized carbons (Fsp3) is 0. The van der Waals surface area contributed by atoms with Gasteiger partial charge in [-0.25, -0.2) is 0 Å². The molecule has 0 heterocycles. The van der Waals surface area contributed by atoms with Gasteiger partial charge in [-0.05, 0) is 0 Å². The average molecular weight is 88.2 g/mol. The molecule has 0 spiro atoms. The van der Waals surface area contributed by atoms with Gasteiger partial charge in [0.1, 0.15) is 0 Å². The van der Waals surface area contributed by atoms with Crippen LogP contribution in [0.25, 0.3) is 0 Å². The van der Waals surface area contributed by atoms with Crippen molar-refractivity contribution >= 4 is 9.52 Å². The lowest BCUT2D eigenvalue weighted by molar-refractivity contribution is 2.44.